The number of nitrogens with one attached hydrogen (secondary N) is 1. The van der Waals surface area contributed by atoms with Gasteiger partial charge >= 0.3 is 0 Å². The number of anilines is 1. The predicted molar refractivity (Wildman–Crippen MR) is 115 cm³/mol. The van der Waals surface area contributed by atoms with Crippen molar-refractivity contribution in [1.82, 2.24) is 9.88 Å². The van der Waals surface area contributed by atoms with Gasteiger partial charge in [0.25, 0.3) is 11.6 Å². The Balaban J connectivity index is 1.58. The molecule has 1 aromatic heterocycles. The van der Waals surface area contributed by atoms with Gasteiger partial charge < -0.3 is 10.2 Å². The lowest BCUT2D eigenvalue weighted by Crippen LogP contribution is -2.29. The molecule has 1 heterocycles. The van der Waals surface area contributed by atoms with Gasteiger partial charge in [-0.25, -0.2) is 0 Å². The molecule has 0 aliphatic rings. The number of aryl methyl sites for hydroxylation is 1. The SMILES string of the molecule is Cc1ccc(C(=O)N(C)CCCNc2ccnc3cc(Cl)ccc23)cc1[N+](=O)[O-]. The summed E-state index contributed by atoms with van der Waals surface area (Å²) in [5.74, 6) is -0.239. The van der Waals surface area contributed by atoms with Crippen molar-refractivity contribution in [1.29, 1.82) is 0 Å². The molecule has 3 aromatic rings. The Labute approximate surface area is 173 Å². The molecular formula is C21H21ClN4O3. The first kappa shape index (κ1) is 20.5. The van der Waals surface area contributed by atoms with E-state index in [4.69, 9.17) is 11.6 Å². The summed E-state index contributed by atoms with van der Waals surface area (Å²) in [6, 6.07) is 12.0. The molecule has 0 spiro atoms. The molecule has 0 bridgehead atoms. The van der Waals surface area contributed by atoms with Gasteiger partial charge in [-0.1, -0.05) is 17.7 Å². The van der Waals surface area contributed by atoms with Gasteiger partial charge in [-0.15, -0.1) is 0 Å². The molecule has 2 aromatic carbocycles. The molecule has 0 atom stereocenters. The highest BCUT2D eigenvalue weighted by molar-refractivity contribution is 6.31. The third-order valence-corrected chi connectivity index (χ3v) is 4.93. The number of pyridine rings is 1. The van der Waals surface area contributed by atoms with Crippen LogP contribution in [0.15, 0.2) is 48.7 Å². The number of carbonyl (C=O) groups is 1. The maximum absolute atomic E-state index is 12.6. The molecule has 8 heteroatoms. The number of fused-ring (bicyclic) bond motifs is 1. The van der Waals surface area contributed by atoms with Crippen molar-refractivity contribution in [3.8, 4) is 0 Å². The molecule has 1 amide bonds. The fourth-order valence-electron chi connectivity index (χ4n) is 3.08. The van der Waals surface area contributed by atoms with E-state index in [9.17, 15) is 14.9 Å². The second-order valence-corrected chi connectivity index (χ2v) is 7.22. The van der Waals surface area contributed by atoms with Gasteiger partial charge in [0.1, 0.15) is 0 Å². The molecule has 150 valence electrons. The predicted octanol–water partition coefficient (Wildman–Crippen LogP) is 4.68. The molecule has 0 saturated carbocycles. The number of nitrogens with zero attached hydrogens (tertiary/aromatic N) is 3. The van der Waals surface area contributed by atoms with Crippen molar-refractivity contribution in [2.45, 2.75) is 13.3 Å². The van der Waals surface area contributed by atoms with Crippen LogP contribution in [0.2, 0.25) is 5.02 Å². The van der Waals surface area contributed by atoms with Crippen LogP contribution < -0.4 is 5.32 Å². The summed E-state index contributed by atoms with van der Waals surface area (Å²) in [5, 5.41) is 16.1. The minimum absolute atomic E-state index is 0.0458. The highest BCUT2D eigenvalue weighted by Crippen LogP contribution is 2.24. The number of rotatable bonds is 7. The first-order valence-corrected chi connectivity index (χ1v) is 9.53. The molecule has 0 radical (unpaired) electrons. The molecule has 0 aliphatic carbocycles. The van der Waals surface area contributed by atoms with Crippen molar-refractivity contribution in [3.63, 3.8) is 0 Å². The van der Waals surface area contributed by atoms with Crippen LogP contribution in [-0.4, -0.2) is 40.9 Å². The number of nitro groups is 1. The summed E-state index contributed by atoms with van der Waals surface area (Å²) in [7, 11) is 1.69. The topological polar surface area (TPSA) is 88.4 Å². The third-order valence-electron chi connectivity index (χ3n) is 4.69. The lowest BCUT2D eigenvalue weighted by molar-refractivity contribution is -0.385. The minimum Gasteiger partial charge on any atom is -0.384 e. The van der Waals surface area contributed by atoms with Gasteiger partial charge in [0.2, 0.25) is 0 Å². The average Bonchev–Trinajstić information content (AvgIpc) is 2.70. The van der Waals surface area contributed by atoms with Gasteiger partial charge in [-0.3, -0.25) is 19.9 Å². The maximum Gasteiger partial charge on any atom is 0.273 e. The standard InChI is InChI=1S/C21H21ClN4O3/c1-14-4-5-15(12-20(14)26(28)29)21(27)25(2)11-3-9-23-18-8-10-24-19-13-16(22)6-7-17(18)19/h4-8,10,12-13H,3,9,11H2,1-2H3,(H,23,24). The van der Waals surface area contributed by atoms with Crippen LogP contribution in [0.4, 0.5) is 11.4 Å². The molecule has 1 N–H and O–H groups in total. The number of benzene rings is 2. The molecule has 7 nitrogen and oxygen atoms in total. The van der Waals surface area contributed by atoms with Crippen LogP contribution in [0, 0.1) is 17.0 Å². The minimum atomic E-state index is -0.470. The van der Waals surface area contributed by atoms with Crippen LogP contribution >= 0.6 is 11.6 Å². The smallest absolute Gasteiger partial charge is 0.273 e. The Morgan fingerprint density at radius 3 is 2.79 bits per heavy atom. The summed E-state index contributed by atoms with van der Waals surface area (Å²) in [4.78, 5) is 29.1. The number of hydrogen-bond donors (Lipinski definition) is 1. The van der Waals surface area contributed by atoms with E-state index in [0.29, 0.717) is 35.7 Å². The van der Waals surface area contributed by atoms with E-state index in [2.05, 4.69) is 10.3 Å². The Hall–Kier alpha value is -3.19. The summed E-state index contributed by atoms with van der Waals surface area (Å²) in [5.41, 5.74) is 2.57. The molecule has 0 unspecified atom stereocenters. The van der Waals surface area contributed by atoms with E-state index < -0.39 is 4.92 Å². The fourth-order valence-corrected chi connectivity index (χ4v) is 3.24. The van der Waals surface area contributed by atoms with E-state index in [0.717, 1.165) is 16.6 Å². The molecule has 0 fully saturated rings. The van der Waals surface area contributed by atoms with Crippen LogP contribution in [-0.2, 0) is 0 Å². The Bertz CT molecular complexity index is 1070. The Kier molecular flexibility index (Phi) is 6.29. The number of nitro benzene ring substituents is 1. The summed E-state index contributed by atoms with van der Waals surface area (Å²) >= 11 is 6.01. The van der Waals surface area contributed by atoms with Crippen LogP contribution in [0.5, 0.6) is 0 Å². The van der Waals surface area contributed by atoms with Gasteiger partial charge in [0.15, 0.2) is 0 Å². The zero-order valence-electron chi connectivity index (χ0n) is 16.2. The zero-order valence-corrected chi connectivity index (χ0v) is 16.9. The van der Waals surface area contributed by atoms with E-state index in [-0.39, 0.29) is 11.6 Å². The highest BCUT2D eigenvalue weighted by atomic mass is 35.5. The summed E-state index contributed by atoms with van der Waals surface area (Å²) in [6.45, 7) is 2.83. The monoisotopic (exact) mass is 412 g/mol. The third kappa shape index (κ3) is 4.81. The van der Waals surface area contributed by atoms with Crippen LogP contribution in [0.25, 0.3) is 10.9 Å². The van der Waals surface area contributed by atoms with Gasteiger partial charge in [-0.05, 0) is 43.7 Å². The average molecular weight is 413 g/mol. The summed E-state index contributed by atoms with van der Waals surface area (Å²) in [6.07, 6.45) is 2.44. The number of halogens is 1. The number of carbonyl (C=O) groups excluding carboxylic acids is 1. The van der Waals surface area contributed by atoms with E-state index in [1.54, 1.807) is 37.2 Å². The molecule has 0 aliphatic heterocycles. The van der Waals surface area contributed by atoms with Crippen molar-refractivity contribution in [2.24, 2.45) is 0 Å². The number of aromatic nitrogens is 1. The second kappa shape index (κ2) is 8.87. The van der Waals surface area contributed by atoms with Gasteiger partial charge in [0.05, 0.1) is 10.4 Å². The van der Waals surface area contributed by atoms with Crippen molar-refractivity contribution >= 4 is 39.8 Å². The molecule has 29 heavy (non-hydrogen) atoms. The van der Waals surface area contributed by atoms with Crippen LogP contribution in [0.3, 0.4) is 0 Å². The summed E-state index contributed by atoms with van der Waals surface area (Å²) < 4.78 is 0. The largest absolute Gasteiger partial charge is 0.384 e. The zero-order chi connectivity index (χ0) is 21.0. The van der Waals surface area contributed by atoms with Gasteiger partial charge in [-0.2, -0.15) is 0 Å². The first-order chi connectivity index (χ1) is 13.9. The van der Waals surface area contributed by atoms with E-state index in [1.165, 1.54) is 6.07 Å². The highest BCUT2D eigenvalue weighted by Gasteiger charge is 2.17. The Morgan fingerprint density at radius 1 is 1.24 bits per heavy atom. The van der Waals surface area contributed by atoms with E-state index >= 15 is 0 Å². The first-order valence-electron chi connectivity index (χ1n) is 9.15. The van der Waals surface area contributed by atoms with Gasteiger partial charge in [0, 0.05) is 59.6 Å². The van der Waals surface area contributed by atoms with Crippen molar-refractivity contribution < 1.29 is 9.72 Å². The fraction of sp³-hybridized carbons (Fsp3) is 0.238. The van der Waals surface area contributed by atoms with Crippen LogP contribution in [0.1, 0.15) is 22.3 Å². The molecule has 0 saturated heterocycles. The maximum atomic E-state index is 12.6. The second-order valence-electron chi connectivity index (χ2n) is 6.79. The lowest BCUT2D eigenvalue weighted by atomic mass is 10.1. The van der Waals surface area contributed by atoms with Crippen molar-refractivity contribution in [2.75, 3.05) is 25.5 Å². The van der Waals surface area contributed by atoms with E-state index in [1.807, 2.05) is 24.3 Å². The quantitative estimate of drug-likeness (QED) is 0.346. The normalized spacial score (nSPS) is 10.7. The van der Waals surface area contributed by atoms with Crippen molar-refractivity contribution in [3.05, 3.63) is 74.9 Å². The Morgan fingerprint density at radius 2 is 2.03 bits per heavy atom. The lowest BCUT2D eigenvalue weighted by Gasteiger charge is -2.18. The molecular weight excluding hydrogens is 392 g/mol. The number of amides is 1. The number of hydrogen-bond acceptors (Lipinski definition) is 5. The molecule has 3 rings (SSSR count).